The van der Waals surface area contributed by atoms with Crippen molar-refractivity contribution in [2.24, 2.45) is 0 Å². The molecule has 4 nitrogen and oxygen atoms in total. The minimum Gasteiger partial charge on any atom is -0.486 e. The molecular formula is C19H15BrO4. The summed E-state index contributed by atoms with van der Waals surface area (Å²) in [6.07, 6.45) is 1.71. The molecule has 0 saturated carbocycles. The van der Waals surface area contributed by atoms with Crippen molar-refractivity contribution >= 4 is 33.6 Å². The zero-order valence-electron chi connectivity index (χ0n) is 13.3. The number of carbonyl (C=O) groups excluding carboxylic acids is 2. The topological polar surface area (TPSA) is 52.6 Å². The predicted molar refractivity (Wildman–Crippen MR) is 94.4 cm³/mol. The predicted octanol–water partition coefficient (Wildman–Crippen LogP) is 4.34. The molecule has 0 radical (unpaired) electrons. The van der Waals surface area contributed by atoms with Crippen molar-refractivity contribution < 1.29 is 19.1 Å². The Kier molecular flexibility index (Phi) is 4.53. The second kappa shape index (κ2) is 6.61. The summed E-state index contributed by atoms with van der Waals surface area (Å²) in [6, 6.07) is 11.0. The van der Waals surface area contributed by atoms with Gasteiger partial charge in [0.1, 0.15) is 18.1 Å². The Morgan fingerprint density at radius 1 is 1.29 bits per heavy atom. The van der Waals surface area contributed by atoms with Gasteiger partial charge in [0, 0.05) is 10.5 Å². The highest BCUT2D eigenvalue weighted by Gasteiger charge is 2.30. The molecule has 0 saturated heterocycles. The van der Waals surface area contributed by atoms with Crippen LogP contribution in [0.15, 0.2) is 46.6 Å². The third-order valence-corrected chi connectivity index (χ3v) is 4.03. The maximum atomic E-state index is 12.6. The fraction of sp³-hybridized carbons (Fsp3) is 0.158. The van der Waals surface area contributed by atoms with Gasteiger partial charge in [-0.2, -0.15) is 0 Å². The number of ether oxygens (including phenoxy) is 2. The van der Waals surface area contributed by atoms with E-state index in [1.54, 1.807) is 18.2 Å². The van der Waals surface area contributed by atoms with Crippen LogP contribution in [0.5, 0.6) is 11.5 Å². The van der Waals surface area contributed by atoms with Crippen LogP contribution in [0.2, 0.25) is 0 Å². The number of hydrogen-bond acceptors (Lipinski definition) is 4. The lowest BCUT2D eigenvalue weighted by molar-refractivity contribution is -0.118. The van der Waals surface area contributed by atoms with Gasteiger partial charge < -0.3 is 9.47 Å². The van der Waals surface area contributed by atoms with Crippen molar-refractivity contribution in [3.63, 3.8) is 0 Å². The zero-order valence-corrected chi connectivity index (χ0v) is 14.8. The number of halogens is 1. The van der Waals surface area contributed by atoms with E-state index in [1.807, 2.05) is 31.2 Å². The Balaban J connectivity index is 1.92. The summed E-state index contributed by atoms with van der Waals surface area (Å²) >= 11 is 3.41. The average molecular weight is 387 g/mol. The molecule has 0 aromatic heterocycles. The quantitative estimate of drug-likeness (QED) is 0.733. The average Bonchev–Trinajstić information content (AvgIpc) is 2.82. The molecule has 5 heteroatoms. The lowest BCUT2D eigenvalue weighted by atomic mass is 10.0. The first-order valence-electron chi connectivity index (χ1n) is 7.41. The normalized spacial score (nSPS) is 14.5. The Morgan fingerprint density at radius 3 is 2.79 bits per heavy atom. The van der Waals surface area contributed by atoms with Crippen LogP contribution in [0.3, 0.4) is 0 Å². The number of fused-ring (bicyclic) bond motifs is 1. The molecule has 0 bridgehead atoms. The second-order valence-electron chi connectivity index (χ2n) is 5.60. The van der Waals surface area contributed by atoms with E-state index in [0.717, 1.165) is 15.6 Å². The summed E-state index contributed by atoms with van der Waals surface area (Å²) in [5.74, 6) is 1.02. The fourth-order valence-corrected chi connectivity index (χ4v) is 2.91. The van der Waals surface area contributed by atoms with Gasteiger partial charge in [0.15, 0.2) is 11.5 Å². The van der Waals surface area contributed by atoms with Crippen LogP contribution < -0.4 is 9.47 Å². The summed E-state index contributed by atoms with van der Waals surface area (Å²) in [7, 11) is 0. The van der Waals surface area contributed by atoms with E-state index in [9.17, 15) is 9.59 Å². The summed E-state index contributed by atoms with van der Waals surface area (Å²) < 4.78 is 12.1. The SMILES string of the molecule is CC(=O)COc1cc(C)c2c(c1)O/C(=C\c1cccc(Br)c1)C2=O. The number of rotatable bonds is 4. The molecule has 0 N–H and O–H groups in total. The Morgan fingerprint density at radius 2 is 2.08 bits per heavy atom. The Hall–Kier alpha value is -2.40. The first-order valence-corrected chi connectivity index (χ1v) is 8.20. The molecule has 0 atom stereocenters. The van der Waals surface area contributed by atoms with Crippen LogP contribution >= 0.6 is 15.9 Å². The molecule has 0 amide bonds. The number of allylic oxidation sites excluding steroid dienone is 1. The summed E-state index contributed by atoms with van der Waals surface area (Å²) in [5.41, 5.74) is 2.16. The molecule has 0 unspecified atom stereocenters. The molecule has 0 spiro atoms. The molecule has 1 aliphatic rings. The molecule has 0 aliphatic carbocycles. The van der Waals surface area contributed by atoms with Crippen molar-refractivity contribution in [2.45, 2.75) is 13.8 Å². The van der Waals surface area contributed by atoms with E-state index >= 15 is 0 Å². The van der Waals surface area contributed by atoms with Gasteiger partial charge in [-0.05, 0) is 49.2 Å². The highest BCUT2D eigenvalue weighted by molar-refractivity contribution is 9.10. The summed E-state index contributed by atoms with van der Waals surface area (Å²) in [6.45, 7) is 3.27. The molecule has 24 heavy (non-hydrogen) atoms. The Bertz CT molecular complexity index is 868. The zero-order chi connectivity index (χ0) is 17.3. The Labute approximate surface area is 148 Å². The molecular weight excluding hydrogens is 372 g/mol. The van der Waals surface area contributed by atoms with Gasteiger partial charge in [-0.3, -0.25) is 9.59 Å². The fourth-order valence-electron chi connectivity index (χ4n) is 2.49. The van der Waals surface area contributed by atoms with Crippen LogP contribution in [0.4, 0.5) is 0 Å². The van der Waals surface area contributed by atoms with Gasteiger partial charge >= 0.3 is 0 Å². The van der Waals surface area contributed by atoms with Gasteiger partial charge in [-0.1, -0.05) is 28.1 Å². The highest BCUT2D eigenvalue weighted by Crippen LogP contribution is 2.37. The van der Waals surface area contributed by atoms with Crippen molar-refractivity contribution in [3.05, 3.63) is 63.3 Å². The number of Topliss-reactive ketones (excluding diaryl/α,β-unsaturated/α-hetero) is 2. The molecule has 2 aromatic carbocycles. The monoisotopic (exact) mass is 386 g/mol. The minimum absolute atomic E-state index is 0.00703. The standard InChI is InChI=1S/C19H15BrO4/c1-11-6-15(23-10-12(2)21)9-16-18(11)19(22)17(24-16)8-13-4-3-5-14(20)7-13/h3-9H,10H2,1-2H3/b17-8-. The molecule has 2 aromatic rings. The smallest absolute Gasteiger partial charge is 0.232 e. The lowest BCUT2D eigenvalue weighted by Crippen LogP contribution is -2.06. The van der Waals surface area contributed by atoms with Gasteiger partial charge in [0.2, 0.25) is 5.78 Å². The first-order chi connectivity index (χ1) is 11.4. The molecule has 1 heterocycles. The second-order valence-corrected chi connectivity index (χ2v) is 6.51. The van der Waals surface area contributed by atoms with E-state index in [4.69, 9.17) is 9.47 Å². The van der Waals surface area contributed by atoms with Crippen molar-refractivity contribution in [1.82, 2.24) is 0 Å². The lowest BCUT2D eigenvalue weighted by Gasteiger charge is -2.07. The third-order valence-electron chi connectivity index (χ3n) is 3.53. The largest absolute Gasteiger partial charge is 0.486 e. The number of carbonyl (C=O) groups is 2. The van der Waals surface area contributed by atoms with Crippen LogP contribution in [-0.2, 0) is 4.79 Å². The highest BCUT2D eigenvalue weighted by atomic mass is 79.9. The van der Waals surface area contributed by atoms with Gasteiger partial charge in [0.05, 0.1) is 5.56 Å². The number of hydrogen-bond donors (Lipinski definition) is 0. The molecule has 0 fully saturated rings. The maximum absolute atomic E-state index is 12.6. The van der Waals surface area contributed by atoms with E-state index in [0.29, 0.717) is 17.1 Å². The van der Waals surface area contributed by atoms with Crippen LogP contribution in [0.25, 0.3) is 6.08 Å². The van der Waals surface area contributed by atoms with Crippen LogP contribution in [0, 0.1) is 6.92 Å². The van der Waals surface area contributed by atoms with Crippen molar-refractivity contribution in [1.29, 1.82) is 0 Å². The number of aryl methyl sites for hydroxylation is 1. The van der Waals surface area contributed by atoms with E-state index in [1.165, 1.54) is 6.92 Å². The van der Waals surface area contributed by atoms with E-state index < -0.39 is 0 Å². The third kappa shape index (κ3) is 3.41. The molecule has 1 aliphatic heterocycles. The summed E-state index contributed by atoms with van der Waals surface area (Å²) in [5, 5.41) is 0. The van der Waals surface area contributed by atoms with Crippen molar-refractivity contribution in [2.75, 3.05) is 6.61 Å². The first kappa shape index (κ1) is 16.5. The molecule has 3 rings (SSSR count). The van der Waals surface area contributed by atoms with Crippen LogP contribution in [0.1, 0.15) is 28.4 Å². The van der Waals surface area contributed by atoms with Gasteiger partial charge in [0.25, 0.3) is 0 Å². The van der Waals surface area contributed by atoms with E-state index in [2.05, 4.69) is 15.9 Å². The van der Waals surface area contributed by atoms with Crippen LogP contribution in [-0.4, -0.2) is 18.2 Å². The number of benzene rings is 2. The summed E-state index contributed by atoms with van der Waals surface area (Å²) in [4.78, 5) is 23.6. The van der Waals surface area contributed by atoms with Gasteiger partial charge in [-0.25, -0.2) is 0 Å². The maximum Gasteiger partial charge on any atom is 0.232 e. The minimum atomic E-state index is -0.152. The van der Waals surface area contributed by atoms with Crippen molar-refractivity contribution in [3.8, 4) is 11.5 Å². The van der Waals surface area contributed by atoms with E-state index in [-0.39, 0.29) is 23.9 Å². The number of ketones is 2. The van der Waals surface area contributed by atoms with Gasteiger partial charge in [-0.15, -0.1) is 0 Å². The molecule has 122 valence electrons.